The molecule has 0 aliphatic carbocycles. The molecule has 1 N–H and O–H groups in total. The molecule has 0 saturated carbocycles. The van der Waals surface area contributed by atoms with E-state index in [9.17, 15) is 0 Å². The molecule has 14 heavy (non-hydrogen) atoms. The van der Waals surface area contributed by atoms with Crippen LogP contribution in [0.5, 0.6) is 0 Å². The Bertz CT molecular complexity index is 394. The number of fused-ring (bicyclic) bond motifs is 1. The van der Waals surface area contributed by atoms with Gasteiger partial charge in [-0.3, -0.25) is 10.4 Å². The van der Waals surface area contributed by atoms with Gasteiger partial charge in [0.15, 0.2) is 0 Å². The summed E-state index contributed by atoms with van der Waals surface area (Å²) in [6.07, 6.45) is 4.93. The number of aliphatic imine (C=N–C) groups is 1. The Morgan fingerprint density at radius 2 is 2.14 bits per heavy atom. The van der Waals surface area contributed by atoms with Crippen molar-refractivity contribution in [2.75, 3.05) is 0 Å². The summed E-state index contributed by atoms with van der Waals surface area (Å²) in [5, 5.41) is 2.11. The van der Waals surface area contributed by atoms with E-state index in [1.807, 2.05) is 6.07 Å². The second-order valence-electron chi connectivity index (χ2n) is 3.48. The van der Waals surface area contributed by atoms with Crippen molar-refractivity contribution in [2.45, 2.75) is 12.5 Å². The lowest BCUT2D eigenvalue weighted by Gasteiger charge is -2.23. The Morgan fingerprint density at radius 1 is 1.29 bits per heavy atom. The summed E-state index contributed by atoms with van der Waals surface area (Å²) in [6, 6.07) is 10.9. The standard InChI is InChI=1S/C11H11N3/c1-2-4-9(5-3-1)10-6-7-11-12-8-13-14(10)11/h1-5,7-8,10H,6H2,(H,12,13). The molecule has 0 saturated heterocycles. The Hall–Kier alpha value is -1.77. The summed E-state index contributed by atoms with van der Waals surface area (Å²) in [5.74, 6) is 1.04. The number of benzene rings is 1. The monoisotopic (exact) mass is 185 g/mol. The molecule has 0 bridgehead atoms. The molecule has 0 fully saturated rings. The molecule has 1 aromatic rings. The minimum absolute atomic E-state index is 0.397. The smallest absolute Gasteiger partial charge is 0.145 e. The number of hydrogen-bond acceptors (Lipinski definition) is 3. The van der Waals surface area contributed by atoms with E-state index in [1.54, 1.807) is 6.34 Å². The summed E-state index contributed by atoms with van der Waals surface area (Å²) in [7, 11) is 0. The molecule has 1 unspecified atom stereocenters. The van der Waals surface area contributed by atoms with Crippen molar-refractivity contribution in [3.05, 3.63) is 47.8 Å². The van der Waals surface area contributed by atoms with Gasteiger partial charge < -0.3 is 0 Å². The quantitative estimate of drug-likeness (QED) is 0.722. The van der Waals surface area contributed by atoms with Crippen LogP contribution in [0.15, 0.2) is 47.2 Å². The van der Waals surface area contributed by atoms with Crippen LogP contribution in [0.2, 0.25) is 0 Å². The van der Waals surface area contributed by atoms with Crippen LogP contribution < -0.4 is 5.43 Å². The first kappa shape index (κ1) is 7.62. The van der Waals surface area contributed by atoms with Gasteiger partial charge in [-0.1, -0.05) is 30.3 Å². The van der Waals surface area contributed by atoms with E-state index in [4.69, 9.17) is 0 Å². The molecule has 1 atom stereocenters. The Kier molecular flexibility index (Phi) is 1.56. The lowest BCUT2D eigenvalue weighted by atomic mass is 10.1. The number of nitrogens with zero attached hydrogens (tertiary/aromatic N) is 2. The zero-order valence-electron chi connectivity index (χ0n) is 7.72. The molecular formula is C11H11N3. The highest BCUT2D eigenvalue weighted by molar-refractivity contribution is 5.59. The van der Waals surface area contributed by atoms with Gasteiger partial charge in [-0.05, 0) is 18.1 Å². The Labute approximate surface area is 82.7 Å². The molecule has 3 heteroatoms. The van der Waals surface area contributed by atoms with Crippen LogP contribution in [-0.4, -0.2) is 11.3 Å². The molecule has 0 radical (unpaired) electrons. The fraction of sp³-hybridized carbons (Fsp3) is 0.182. The second kappa shape index (κ2) is 2.87. The van der Waals surface area contributed by atoms with Gasteiger partial charge in [0, 0.05) is 0 Å². The highest BCUT2D eigenvalue weighted by Gasteiger charge is 2.28. The van der Waals surface area contributed by atoms with Gasteiger partial charge in [0.1, 0.15) is 12.2 Å². The van der Waals surface area contributed by atoms with Crippen molar-refractivity contribution < 1.29 is 0 Å². The highest BCUT2D eigenvalue weighted by atomic mass is 15.6. The second-order valence-corrected chi connectivity index (χ2v) is 3.48. The molecule has 3 rings (SSSR count). The minimum Gasteiger partial charge on any atom is -0.286 e. The SMILES string of the molecule is C1=NC2=CCC(c3ccccc3)N2N1. The maximum absolute atomic E-state index is 4.22. The summed E-state index contributed by atoms with van der Waals surface area (Å²) in [6.45, 7) is 0. The van der Waals surface area contributed by atoms with Crippen LogP contribution in [-0.2, 0) is 0 Å². The van der Waals surface area contributed by atoms with Gasteiger partial charge in [-0.25, -0.2) is 4.99 Å². The molecule has 3 nitrogen and oxygen atoms in total. The molecule has 2 heterocycles. The molecule has 0 aromatic heterocycles. The molecule has 70 valence electrons. The van der Waals surface area contributed by atoms with Crippen molar-refractivity contribution in [2.24, 2.45) is 4.99 Å². The third-order valence-corrected chi connectivity index (χ3v) is 2.66. The zero-order chi connectivity index (χ0) is 9.38. The molecule has 0 spiro atoms. The van der Waals surface area contributed by atoms with E-state index in [0.717, 1.165) is 12.2 Å². The number of hydrogen-bond donors (Lipinski definition) is 1. The lowest BCUT2D eigenvalue weighted by molar-refractivity contribution is 0.259. The predicted molar refractivity (Wildman–Crippen MR) is 55.3 cm³/mol. The Morgan fingerprint density at radius 3 is 3.00 bits per heavy atom. The van der Waals surface area contributed by atoms with E-state index >= 15 is 0 Å². The van der Waals surface area contributed by atoms with E-state index < -0.39 is 0 Å². The van der Waals surface area contributed by atoms with Crippen molar-refractivity contribution in [1.82, 2.24) is 10.4 Å². The van der Waals surface area contributed by atoms with E-state index in [1.165, 1.54) is 5.56 Å². The van der Waals surface area contributed by atoms with Gasteiger partial charge in [0.2, 0.25) is 0 Å². The minimum atomic E-state index is 0.397. The summed E-state index contributed by atoms with van der Waals surface area (Å²) < 4.78 is 0. The van der Waals surface area contributed by atoms with Crippen molar-refractivity contribution in [1.29, 1.82) is 0 Å². The van der Waals surface area contributed by atoms with E-state index in [2.05, 4.69) is 45.8 Å². The average Bonchev–Trinajstić information content (AvgIpc) is 2.79. The van der Waals surface area contributed by atoms with Gasteiger partial charge in [0.05, 0.1) is 6.04 Å². The molecule has 0 amide bonds. The number of hydrazine groups is 1. The van der Waals surface area contributed by atoms with Crippen LogP contribution in [0.3, 0.4) is 0 Å². The van der Waals surface area contributed by atoms with Crippen LogP contribution >= 0.6 is 0 Å². The van der Waals surface area contributed by atoms with Crippen LogP contribution in [0.25, 0.3) is 0 Å². The maximum atomic E-state index is 4.22. The third-order valence-electron chi connectivity index (χ3n) is 2.66. The first-order valence-corrected chi connectivity index (χ1v) is 4.78. The van der Waals surface area contributed by atoms with Crippen LogP contribution in [0.1, 0.15) is 18.0 Å². The third kappa shape index (κ3) is 1.02. The van der Waals surface area contributed by atoms with E-state index in [-0.39, 0.29) is 0 Å². The predicted octanol–water partition coefficient (Wildman–Crippen LogP) is 1.82. The van der Waals surface area contributed by atoms with Crippen molar-refractivity contribution >= 4 is 6.34 Å². The van der Waals surface area contributed by atoms with Crippen molar-refractivity contribution in [3.63, 3.8) is 0 Å². The van der Waals surface area contributed by atoms with Crippen molar-refractivity contribution in [3.8, 4) is 0 Å². The summed E-state index contributed by atoms with van der Waals surface area (Å²) in [5.41, 5.74) is 4.47. The first-order chi connectivity index (χ1) is 6.95. The molecule has 2 aliphatic heterocycles. The number of nitrogens with one attached hydrogen (secondary N) is 1. The fourth-order valence-electron chi connectivity index (χ4n) is 1.97. The molecule has 2 aliphatic rings. The lowest BCUT2D eigenvalue weighted by Crippen LogP contribution is -2.31. The maximum Gasteiger partial charge on any atom is 0.145 e. The van der Waals surface area contributed by atoms with Gasteiger partial charge >= 0.3 is 0 Å². The number of rotatable bonds is 1. The summed E-state index contributed by atoms with van der Waals surface area (Å²) >= 11 is 0. The summed E-state index contributed by atoms with van der Waals surface area (Å²) in [4.78, 5) is 4.22. The van der Waals surface area contributed by atoms with Gasteiger partial charge in [-0.2, -0.15) is 0 Å². The fourth-order valence-corrected chi connectivity index (χ4v) is 1.97. The topological polar surface area (TPSA) is 27.6 Å². The highest BCUT2D eigenvalue weighted by Crippen LogP contribution is 2.34. The molecule has 1 aromatic carbocycles. The van der Waals surface area contributed by atoms with Crippen LogP contribution in [0.4, 0.5) is 0 Å². The van der Waals surface area contributed by atoms with E-state index in [0.29, 0.717) is 6.04 Å². The average molecular weight is 185 g/mol. The Balaban J connectivity index is 1.90. The zero-order valence-corrected chi connectivity index (χ0v) is 7.72. The normalized spacial score (nSPS) is 23.3. The molecular weight excluding hydrogens is 174 g/mol. The van der Waals surface area contributed by atoms with Gasteiger partial charge in [0.25, 0.3) is 0 Å². The first-order valence-electron chi connectivity index (χ1n) is 4.78. The largest absolute Gasteiger partial charge is 0.286 e. The van der Waals surface area contributed by atoms with Crippen LogP contribution in [0, 0.1) is 0 Å². The van der Waals surface area contributed by atoms with Gasteiger partial charge in [-0.15, -0.1) is 0 Å².